The highest BCUT2D eigenvalue weighted by atomic mass is 16.2. The lowest BCUT2D eigenvalue weighted by atomic mass is 10.1. The minimum Gasteiger partial charge on any atom is -0.376 e. The van der Waals surface area contributed by atoms with Gasteiger partial charge in [0.2, 0.25) is 5.91 Å². The topological polar surface area (TPSA) is 87.3 Å². The molecule has 3 N–H and O–H groups in total. The fraction of sp³-hybridized carbons (Fsp3) is 0.286. The van der Waals surface area contributed by atoms with Crippen LogP contribution in [0.2, 0.25) is 0 Å². The number of amides is 2. The van der Waals surface area contributed by atoms with E-state index >= 15 is 0 Å². The summed E-state index contributed by atoms with van der Waals surface area (Å²) in [5.74, 6) is -0.150. The van der Waals surface area contributed by atoms with Gasteiger partial charge in [0.15, 0.2) is 5.78 Å². The van der Waals surface area contributed by atoms with Crippen molar-refractivity contribution in [2.24, 2.45) is 5.92 Å². The summed E-state index contributed by atoms with van der Waals surface area (Å²) in [5, 5.41) is 8.61. The van der Waals surface area contributed by atoms with Crippen LogP contribution in [0, 0.1) is 5.92 Å². The molecular formula is C21H25N3O3. The minimum atomic E-state index is -0.269. The molecule has 2 amide bonds. The number of ketones is 1. The number of Topliss-reactive ketones (excluding diaryl/α,β-unsaturated/α-hetero) is 1. The number of anilines is 2. The molecule has 2 rings (SSSR count). The Labute approximate surface area is 159 Å². The number of hydrogen-bond acceptors (Lipinski definition) is 4. The highest BCUT2D eigenvalue weighted by molar-refractivity contribution is 6.04. The van der Waals surface area contributed by atoms with Crippen LogP contribution >= 0.6 is 0 Å². The average Bonchev–Trinajstić information content (AvgIpc) is 2.65. The van der Waals surface area contributed by atoms with Gasteiger partial charge < -0.3 is 16.0 Å². The monoisotopic (exact) mass is 367 g/mol. The molecule has 142 valence electrons. The Balaban J connectivity index is 1.95. The molecule has 6 heteroatoms. The van der Waals surface area contributed by atoms with Crippen LogP contribution in [0.15, 0.2) is 48.5 Å². The molecule has 0 atom stereocenters. The number of carbonyl (C=O) groups excluding carboxylic acids is 3. The molecule has 2 aromatic rings. The van der Waals surface area contributed by atoms with Gasteiger partial charge in [-0.3, -0.25) is 14.4 Å². The van der Waals surface area contributed by atoms with Crippen LogP contribution in [0.5, 0.6) is 0 Å². The van der Waals surface area contributed by atoms with Crippen LogP contribution < -0.4 is 16.0 Å². The van der Waals surface area contributed by atoms with E-state index in [1.807, 2.05) is 13.8 Å². The van der Waals surface area contributed by atoms with Gasteiger partial charge in [0.25, 0.3) is 5.91 Å². The van der Waals surface area contributed by atoms with Crippen molar-refractivity contribution in [3.05, 3.63) is 59.7 Å². The molecule has 0 radical (unpaired) electrons. The first-order chi connectivity index (χ1) is 12.9. The summed E-state index contributed by atoms with van der Waals surface area (Å²) < 4.78 is 0. The maximum atomic E-state index is 12.3. The molecule has 0 aliphatic rings. The number of para-hydroxylation sites is 1. The van der Waals surface area contributed by atoms with Crippen molar-refractivity contribution in [3.8, 4) is 0 Å². The van der Waals surface area contributed by atoms with Gasteiger partial charge in [-0.15, -0.1) is 0 Å². The predicted octanol–water partition coefficient (Wildman–Crippen LogP) is 3.33. The predicted molar refractivity (Wildman–Crippen MR) is 107 cm³/mol. The zero-order valence-electron chi connectivity index (χ0n) is 15.8. The Morgan fingerprint density at radius 3 is 2.26 bits per heavy atom. The fourth-order valence-electron chi connectivity index (χ4n) is 2.38. The van der Waals surface area contributed by atoms with Crippen LogP contribution in [0.25, 0.3) is 0 Å². The fourth-order valence-corrected chi connectivity index (χ4v) is 2.38. The summed E-state index contributed by atoms with van der Waals surface area (Å²) in [6.45, 7) is 6.15. The van der Waals surface area contributed by atoms with Crippen LogP contribution in [0.1, 0.15) is 41.5 Å². The van der Waals surface area contributed by atoms with Crippen LogP contribution in [0.3, 0.4) is 0 Å². The zero-order chi connectivity index (χ0) is 19.8. The van der Waals surface area contributed by atoms with E-state index in [1.165, 1.54) is 6.92 Å². The van der Waals surface area contributed by atoms with Crippen LogP contribution in [-0.2, 0) is 4.79 Å². The molecule has 0 aromatic heterocycles. The number of rotatable bonds is 8. The maximum Gasteiger partial charge on any atom is 0.253 e. The Morgan fingerprint density at radius 1 is 0.963 bits per heavy atom. The van der Waals surface area contributed by atoms with Gasteiger partial charge >= 0.3 is 0 Å². The first-order valence-electron chi connectivity index (χ1n) is 8.88. The molecule has 2 aromatic carbocycles. The molecule has 0 bridgehead atoms. The van der Waals surface area contributed by atoms with E-state index in [-0.39, 0.29) is 24.1 Å². The minimum absolute atomic E-state index is 0.00774. The Kier molecular flexibility index (Phi) is 7.11. The van der Waals surface area contributed by atoms with Gasteiger partial charge in [0.1, 0.15) is 0 Å². The third-order valence-corrected chi connectivity index (χ3v) is 3.86. The van der Waals surface area contributed by atoms with Gasteiger partial charge in [0.05, 0.1) is 17.8 Å². The van der Waals surface area contributed by atoms with E-state index < -0.39 is 0 Å². The first kappa shape index (κ1) is 20.2. The molecule has 0 aliphatic heterocycles. The highest BCUT2D eigenvalue weighted by Gasteiger charge is 2.13. The summed E-state index contributed by atoms with van der Waals surface area (Å²) in [7, 11) is 0. The van der Waals surface area contributed by atoms with Crippen molar-refractivity contribution in [1.29, 1.82) is 0 Å². The number of carbonyl (C=O) groups is 3. The first-order valence-corrected chi connectivity index (χ1v) is 8.88. The summed E-state index contributed by atoms with van der Waals surface area (Å²) in [4.78, 5) is 35.8. The van der Waals surface area contributed by atoms with E-state index in [9.17, 15) is 14.4 Å². The molecule has 0 unspecified atom stereocenters. The third-order valence-electron chi connectivity index (χ3n) is 3.86. The van der Waals surface area contributed by atoms with Crippen LogP contribution in [0.4, 0.5) is 11.4 Å². The van der Waals surface area contributed by atoms with Gasteiger partial charge in [-0.25, -0.2) is 0 Å². The summed E-state index contributed by atoms with van der Waals surface area (Å²) in [6.07, 6.45) is 0. The lowest BCUT2D eigenvalue weighted by Gasteiger charge is -2.13. The molecule has 0 heterocycles. The van der Waals surface area contributed by atoms with E-state index in [4.69, 9.17) is 0 Å². The Morgan fingerprint density at radius 2 is 1.63 bits per heavy atom. The zero-order valence-corrected chi connectivity index (χ0v) is 15.8. The number of hydrogen-bond donors (Lipinski definition) is 3. The van der Waals surface area contributed by atoms with Gasteiger partial charge in [-0.2, -0.15) is 0 Å². The molecule has 0 fully saturated rings. The largest absolute Gasteiger partial charge is 0.376 e. The van der Waals surface area contributed by atoms with E-state index in [0.717, 1.165) is 5.69 Å². The second-order valence-electron chi connectivity index (χ2n) is 6.68. The van der Waals surface area contributed by atoms with Crippen molar-refractivity contribution in [3.63, 3.8) is 0 Å². The number of benzene rings is 2. The van der Waals surface area contributed by atoms with E-state index in [2.05, 4.69) is 16.0 Å². The van der Waals surface area contributed by atoms with E-state index in [1.54, 1.807) is 48.5 Å². The van der Waals surface area contributed by atoms with Crippen molar-refractivity contribution in [2.75, 3.05) is 23.7 Å². The lowest BCUT2D eigenvalue weighted by molar-refractivity contribution is -0.114. The molecule has 0 aliphatic carbocycles. The van der Waals surface area contributed by atoms with Crippen molar-refractivity contribution < 1.29 is 14.4 Å². The third kappa shape index (κ3) is 6.26. The molecule has 0 spiro atoms. The van der Waals surface area contributed by atoms with Crippen LogP contribution in [-0.4, -0.2) is 30.7 Å². The molecular weight excluding hydrogens is 342 g/mol. The van der Waals surface area contributed by atoms with Gasteiger partial charge in [-0.05, 0) is 49.2 Å². The summed E-state index contributed by atoms with van der Waals surface area (Å²) >= 11 is 0. The maximum absolute atomic E-state index is 12.3. The van der Waals surface area contributed by atoms with Crippen molar-refractivity contribution >= 4 is 29.0 Å². The number of nitrogens with one attached hydrogen (secondary N) is 3. The average molecular weight is 367 g/mol. The van der Waals surface area contributed by atoms with Crippen molar-refractivity contribution in [2.45, 2.75) is 20.8 Å². The highest BCUT2D eigenvalue weighted by Crippen LogP contribution is 2.15. The van der Waals surface area contributed by atoms with Gasteiger partial charge in [-0.1, -0.05) is 26.0 Å². The Bertz CT molecular complexity index is 814. The summed E-state index contributed by atoms with van der Waals surface area (Å²) in [5.41, 5.74) is 2.25. The second-order valence-corrected chi connectivity index (χ2v) is 6.68. The standard InChI is InChI=1S/C21H25N3O3/c1-14(2)12-23-21(27)18-6-4-5-7-19(18)24-20(26)13-22-17-10-8-16(9-11-17)15(3)25/h4-11,14,22H,12-13H2,1-3H3,(H,23,27)(H,24,26). The van der Waals surface area contributed by atoms with Crippen molar-refractivity contribution in [1.82, 2.24) is 5.32 Å². The van der Waals surface area contributed by atoms with Gasteiger partial charge in [0, 0.05) is 17.8 Å². The lowest BCUT2D eigenvalue weighted by Crippen LogP contribution is -2.29. The quantitative estimate of drug-likeness (QED) is 0.625. The molecule has 0 saturated carbocycles. The molecule has 27 heavy (non-hydrogen) atoms. The second kappa shape index (κ2) is 9.52. The molecule has 6 nitrogen and oxygen atoms in total. The normalized spacial score (nSPS) is 10.4. The summed E-state index contributed by atoms with van der Waals surface area (Å²) in [6, 6.07) is 13.8. The molecule has 0 saturated heterocycles. The Hall–Kier alpha value is -3.15. The smallest absolute Gasteiger partial charge is 0.253 e. The van der Waals surface area contributed by atoms with E-state index in [0.29, 0.717) is 29.3 Å². The SMILES string of the molecule is CC(=O)c1ccc(NCC(=O)Nc2ccccc2C(=O)NCC(C)C)cc1.